The third-order valence-corrected chi connectivity index (χ3v) is 6.40. The number of sulfonamides is 1. The van der Waals surface area contributed by atoms with Gasteiger partial charge in [-0.05, 0) is 27.2 Å². The minimum absolute atomic E-state index is 0. The fourth-order valence-electron chi connectivity index (χ4n) is 1.08. The molecule has 0 rings (SSSR count). The van der Waals surface area contributed by atoms with Crippen LogP contribution >= 0.6 is 0 Å². The first kappa shape index (κ1) is 28.2. The summed E-state index contributed by atoms with van der Waals surface area (Å²) in [5, 5.41) is 0. The largest absolute Gasteiger partial charge is 0.368 e. The van der Waals surface area contributed by atoms with Crippen molar-refractivity contribution in [3.8, 4) is 11.8 Å². The van der Waals surface area contributed by atoms with Crippen molar-refractivity contribution in [2.75, 3.05) is 11.5 Å². The summed E-state index contributed by atoms with van der Waals surface area (Å²) in [6.45, 7) is 14.4. The summed E-state index contributed by atoms with van der Waals surface area (Å²) >= 11 is 0. The van der Waals surface area contributed by atoms with E-state index in [9.17, 15) is 16.8 Å². The Kier molecular flexibility index (Phi) is 13.6. The van der Waals surface area contributed by atoms with E-state index in [0.717, 1.165) is 0 Å². The Morgan fingerprint density at radius 2 is 1.39 bits per heavy atom. The van der Waals surface area contributed by atoms with Crippen LogP contribution < -0.4 is 4.72 Å². The average molecular weight is 440 g/mol. The number of sulfone groups is 1. The van der Waals surface area contributed by atoms with Crippen LogP contribution in [0.2, 0.25) is 0 Å². The molecule has 0 aliphatic carbocycles. The first-order valence-corrected chi connectivity index (χ1v) is 10.2. The molecule has 0 atom stereocenters. The quantitative estimate of drug-likeness (QED) is 0.525. The molecule has 0 aliphatic heterocycles. The molecule has 1 radical (unpaired) electrons. The third kappa shape index (κ3) is 15.7. The van der Waals surface area contributed by atoms with E-state index in [1.165, 1.54) is 0 Å². The summed E-state index contributed by atoms with van der Waals surface area (Å²) in [6, 6.07) is 0. The van der Waals surface area contributed by atoms with Crippen LogP contribution in [-0.4, -0.2) is 33.1 Å². The van der Waals surface area contributed by atoms with Crippen LogP contribution in [0, 0.1) is 31.2 Å². The van der Waals surface area contributed by atoms with Crippen LogP contribution in [0.1, 0.15) is 48.0 Å². The van der Waals surface area contributed by atoms with Crippen molar-refractivity contribution < 1.29 is 49.5 Å². The molecule has 8 heteroatoms. The van der Waals surface area contributed by atoms with Gasteiger partial charge in [0.15, 0.2) is 19.9 Å². The van der Waals surface area contributed by atoms with E-state index in [1.54, 1.807) is 20.8 Å². The maximum Gasteiger partial charge on any atom is 0.184 e. The smallest absolute Gasteiger partial charge is 0.184 e. The van der Waals surface area contributed by atoms with E-state index in [2.05, 4.69) is 46.6 Å². The second-order valence-electron chi connectivity index (χ2n) is 6.80. The van der Waals surface area contributed by atoms with Crippen LogP contribution in [0.4, 0.5) is 0 Å². The number of nitrogens with one attached hydrogen (secondary N) is 1. The van der Waals surface area contributed by atoms with Crippen LogP contribution in [0.25, 0.3) is 0 Å². The predicted molar refractivity (Wildman–Crippen MR) is 93.0 cm³/mol. The van der Waals surface area contributed by atoms with E-state index in [0.29, 0.717) is 0 Å². The summed E-state index contributed by atoms with van der Waals surface area (Å²) in [7, 11) is -3.62. The van der Waals surface area contributed by atoms with Crippen molar-refractivity contribution in [1.29, 1.82) is 0 Å². The molecule has 0 amide bonds. The molecule has 5 nitrogen and oxygen atoms in total. The van der Waals surface area contributed by atoms with Gasteiger partial charge in [-0.1, -0.05) is 26.2 Å². The van der Waals surface area contributed by atoms with Crippen LogP contribution in [-0.2, 0) is 52.6 Å². The molecule has 23 heavy (non-hydrogen) atoms. The van der Waals surface area contributed by atoms with Gasteiger partial charge in [-0.2, -0.15) is 6.92 Å². The number of hydrogen-bond donors (Lipinski definition) is 1. The van der Waals surface area contributed by atoms with Gasteiger partial charge >= 0.3 is 0 Å². The third-order valence-electron chi connectivity index (χ3n) is 2.44. The zero-order chi connectivity index (χ0) is 18.2. The molecule has 0 fully saturated rings. The first-order valence-electron chi connectivity index (χ1n) is 6.86. The first-order chi connectivity index (χ1) is 9.58. The van der Waals surface area contributed by atoms with Gasteiger partial charge in [0.2, 0.25) is 0 Å². The molecule has 0 saturated heterocycles. The molecule has 0 aromatic carbocycles. The summed E-state index contributed by atoms with van der Waals surface area (Å²) < 4.78 is 46.2. The number of rotatable bonds is 5. The molecule has 0 heterocycles. The van der Waals surface area contributed by atoms with Gasteiger partial charge in [-0.25, -0.2) is 16.8 Å². The van der Waals surface area contributed by atoms with Gasteiger partial charge in [0.25, 0.3) is 0 Å². The Morgan fingerprint density at radius 1 is 0.957 bits per heavy atom. The summed E-state index contributed by atoms with van der Waals surface area (Å²) in [6.07, 6.45) is 0.0878. The van der Waals surface area contributed by atoms with Crippen molar-refractivity contribution >= 4 is 19.9 Å². The Morgan fingerprint density at radius 3 is 1.61 bits per heavy atom. The van der Waals surface area contributed by atoms with Gasteiger partial charge in [0.1, 0.15) is 0 Å². The second-order valence-corrected chi connectivity index (χ2v) is 11.6. The molecule has 0 spiro atoms. The Hall–Kier alpha value is 0.394. The topological polar surface area (TPSA) is 80.3 Å². The van der Waals surface area contributed by atoms with Crippen molar-refractivity contribution in [2.24, 2.45) is 5.41 Å². The van der Waals surface area contributed by atoms with Gasteiger partial charge < -0.3 is 10.6 Å². The molecule has 0 aromatic heterocycles. The summed E-state index contributed by atoms with van der Waals surface area (Å²) in [5.41, 5.74) is 0.127. The average Bonchev–Trinajstić information content (AvgIpc) is 2.26. The normalized spacial score (nSPS) is 12.1. The fraction of sp³-hybridized carbons (Fsp3) is 0.733. The van der Waals surface area contributed by atoms with Crippen LogP contribution in [0.3, 0.4) is 0 Å². The molecular formula is C15H29NO4S2Y-2. The molecule has 0 bridgehead atoms. The monoisotopic (exact) mass is 440 g/mol. The van der Waals surface area contributed by atoms with Crippen LogP contribution in [0.5, 0.6) is 0 Å². The van der Waals surface area contributed by atoms with E-state index in [4.69, 9.17) is 0 Å². The van der Waals surface area contributed by atoms with Crippen molar-refractivity contribution in [3.63, 3.8) is 0 Å². The molecule has 0 aromatic rings. The second kappa shape index (κ2) is 11.1. The molecule has 0 saturated carbocycles. The maximum absolute atomic E-state index is 11.6. The maximum atomic E-state index is 11.6. The fourth-order valence-corrected chi connectivity index (χ4v) is 3.07. The number of hydrogen-bond acceptors (Lipinski definition) is 4. The summed E-state index contributed by atoms with van der Waals surface area (Å²) in [4.78, 5) is 0. The van der Waals surface area contributed by atoms with E-state index < -0.39 is 24.6 Å². The van der Waals surface area contributed by atoms with Crippen LogP contribution in [0.15, 0.2) is 0 Å². The Labute approximate surface area is 168 Å². The molecular weight excluding hydrogens is 411 g/mol. The molecule has 1 N–H and O–H groups in total. The Balaban J connectivity index is -0.000000425. The zero-order valence-corrected chi connectivity index (χ0v) is 19.5. The molecule has 0 aliphatic rings. The predicted octanol–water partition coefficient (Wildman–Crippen LogP) is 2.17. The van der Waals surface area contributed by atoms with E-state index in [-0.39, 0.29) is 56.1 Å². The van der Waals surface area contributed by atoms with Gasteiger partial charge in [-0.3, -0.25) is 13.0 Å². The SMILES string of the molecule is [CH2-]C#CC(C)(C)C.[CH2-]NS(=O)(=O)CCCS(=O)(=O)C(C)(C)C.[Y]. The van der Waals surface area contributed by atoms with Gasteiger partial charge in [0.05, 0.1) is 16.3 Å². The minimum atomic E-state index is -3.41. The van der Waals surface area contributed by atoms with Gasteiger partial charge in [-0.15, -0.1) is 0 Å². The van der Waals surface area contributed by atoms with Crippen molar-refractivity contribution in [3.05, 3.63) is 14.0 Å². The molecule has 0 unspecified atom stereocenters. The molecule has 135 valence electrons. The Bertz CT molecular complexity index is 586. The van der Waals surface area contributed by atoms with Crippen molar-refractivity contribution in [1.82, 2.24) is 4.72 Å². The van der Waals surface area contributed by atoms with E-state index in [1.807, 2.05) is 4.72 Å². The standard InChI is InChI=1S/C8H18NO4S2.C7H11.Y/c1-8(2,3)14(10,11)6-5-7-15(12,13)9-4;1-5-6-7(2,3)4;/h9H,4-7H2,1-3H3;1H2,2-4H3;/q2*-1;. The summed E-state index contributed by atoms with van der Waals surface area (Å²) in [5.74, 6) is 5.19. The zero-order valence-electron chi connectivity index (χ0n) is 15.1. The van der Waals surface area contributed by atoms with Gasteiger partial charge in [0, 0.05) is 32.7 Å². The van der Waals surface area contributed by atoms with Crippen molar-refractivity contribution in [2.45, 2.75) is 52.7 Å². The van der Waals surface area contributed by atoms with E-state index >= 15 is 0 Å². The minimum Gasteiger partial charge on any atom is -0.368 e.